The summed E-state index contributed by atoms with van der Waals surface area (Å²) in [7, 11) is 0. The molecular weight excluding hydrogens is 256 g/mol. The van der Waals surface area contributed by atoms with Crippen molar-refractivity contribution in [3.05, 3.63) is 24.5 Å². The fourth-order valence-electron chi connectivity index (χ4n) is 3.35. The molecule has 0 saturated heterocycles. The third-order valence-electron chi connectivity index (χ3n) is 4.55. The number of unbranched alkanes of at least 4 members (excludes halogenated alkanes) is 3. The Labute approximate surface area is 163 Å². The van der Waals surface area contributed by atoms with Crippen molar-refractivity contribution in [2.45, 2.75) is 78.3 Å². The monoisotopic (exact) mass is 287 g/mol. The molecule has 0 aromatic carbocycles. The molecule has 1 rings (SSSR count). The van der Waals surface area contributed by atoms with Gasteiger partial charge in [0.2, 0.25) is 0 Å². The maximum atomic E-state index is 2.57. The molecule has 3 heteroatoms. The maximum absolute atomic E-state index is 2.57. The van der Waals surface area contributed by atoms with Crippen molar-refractivity contribution in [2.24, 2.45) is 0 Å². The van der Waals surface area contributed by atoms with Crippen LogP contribution in [0.25, 0.3) is 0 Å². The zero-order valence-corrected chi connectivity index (χ0v) is 16.8. The van der Waals surface area contributed by atoms with Gasteiger partial charge >= 0.3 is 51.4 Å². The molecule has 0 atom stereocenters. The Morgan fingerprint density at radius 3 is 1.42 bits per heavy atom. The van der Waals surface area contributed by atoms with Gasteiger partial charge in [-0.05, 0) is 24.5 Å². The van der Waals surface area contributed by atoms with Gasteiger partial charge in [-0.15, -0.1) is 0 Å². The fourth-order valence-corrected chi connectivity index (χ4v) is 3.35. The molecule has 0 amide bonds. The summed E-state index contributed by atoms with van der Waals surface area (Å²) >= 11 is 0. The number of aromatic nitrogens is 1. The number of hydrogen-bond acceptors (Lipinski definition) is 0. The minimum Gasteiger partial charge on any atom is -0.530 e. The Morgan fingerprint density at radius 2 is 1.11 bits per heavy atom. The molecule has 0 fully saturated rings. The van der Waals surface area contributed by atoms with Gasteiger partial charge in [0.15, 0.2) is 0 Å². The first-order valence-corrected chi connectivity index (χ1v) is 8.12. The van der Waals surface area contributed by atoms with E-state index >= 15 is 0 Å². The molecule has 1 nitrogen and oxygen atoms in total. The fraction of sp³-hybridized carbons (Fsp3) is 0.750. The molecule has 19 heavy (non-hydrogen) atoms. The molecule has 1 aromatic rings. The van der Waals surface area contributed by atoms with E-state index in [0.717, 1.165) is 0 Å². The molecule has 104 valence electrons. The van der Waals surface area contributed by atoms with Gasteiger partial charge in [-0.25, -0.2) is 0 Å². The third-order valence-corrected chi connectivity index (χ3v) is 4.55. The Bertz CT molecular complexity index is 276. The number of nitrogens with zero attached hydrogens (tertiary/aromatic N) is 1. The van der Waals surface area contributed by atoms with Gasteiger partial charge in [0.25, 0.3) is 0 Å². The number of rotatable bonds is 10. The summed E-state index contributed by atoms with van der Waals surface area (Å²) in [6.07, 6.45) is 16.6. The van der Waals surface area contributed by atoms with Crippen LogP contribution in [0.2, 0.25) is 19.0 Å². The van der Waals surface area contributed by atoms with Crippen molar-refractivity contribution in [1.29, 1.82) is 0 Å². The van der Waals surface area contributed by atoms with Gasteiger partial charge < -0.3 is 4.48 Å². The summed E-state index contributed by atoms with van der Waals surface area (Å²) < 4.78 is 2.57. The molecule has 0 spiro atoms. The van der Waals surface area contributed by atoms with E-state index in [1.54, 1.807) is 0 Å². The summed E-state index contributed by atoms with van der Waals surface area (Å²) in [4.78, 5) is 0. The second kappa shape index (κ2) is 11.6. The van der Waals surface area contributed by atoms with Crippen molar-refractivity contribution < 1.29 is 51.4 Å². The van der Waals surface area contributed by atoms with Crippen LogP contribution in [-0.4, -0.2) is 10.8 Å². The van der Waals surface area contributed by atoms with Crippen LogP contribution in [0.3, 0.4) is 0 Å². The van der Waals surface area contributed by atoms with Crippen LogP contribution in [0, 0.1) is 0 Å². The van der Waals surface area contributed by atoms with Crippen molar-refractivity contribution in [3.63, 3.8) is 0 Å². The van der Waals surface area contributed by atoms with Crippen LogP contribution in [0.1, 0.15) is 59.3 Å². The van der Waals surface area contributed by atoms with Gasteiger partial charge in [-0.2, -0.15) is 19.0 Å². The molecule has 0 aliphatic rings. The zero-order valence-electron chi connectivity index (χ0n) is 13.7. The predicted molar refractivity (Wildman–Crippen MR) is 84.7 cm³/mol. The predicted octanol–water partition coefficient (Wildman–Crippen LogP) is 2.69. The zero-order chi connectivity index (χ0) is 13.3. The van der Waals surface area contributed by atoms with E-state index in [1.165, 1.54) is 57.5 Å². The first-order chi connectivity index (χ1) is 8.79. The summed E-state index contributed by atoms with van der Waals surface area (Å²) in [5.74, 6) is 0. The van der Waals surface area contributed by atoms with Crippen LogP contribution in [0.4, 0.5) is 0 Å². The van der Waals surface area contributed by atoms with Gasteiger partial charge in [0.1, 0.15) is 0 Å². The largest absolute Gasteiger partial charge is 1.00 e. The molecular formula is C16H31BKN. The van der Waals surface area contributed by atoms with Crippen molar-refractivity contribution >= 4 is 6.28 Å². The SMILES string of the molecule is CCCC[B-](CCCC)(CCCC)n1cccc1.[K+]. The van der Waals surface area contributed by atoms with Crippen molar-refractivity contribution in [3.8, 4) is 0 Å². The van der Waals surface area contributed by atoms with E-state index in [9.17, 15) is 0 Å². The molecule has 0 N–H and O–H groups in total. The van der Waals surface area contributed by atoms with Crippen LogP contribution >= 0.6 is 0 Å². The molecule has 0 aliphatic carbocycles. The van der Waals surface area contributed by atoms with Crippen LogP contribution in [-0.2, 0) is 0 Å². The van der Waals surface area contributed by atoms with Crippen LogP contribution in [0.5, 0.6) is 0 Å². The first kappa shape index (κ1) is 20.0. The van der Waals surface area contributed by atoms with Crippen LogP contribution < -0.4 is 51.4 Å². The molecule has 1 heterocycles. The molecule has 0 bridgehead atoms. The third kappa shape index (κ3) is 6.52. The van der Waals surface area contributed by atoms with E-state index in [-0.39, 0.29) is 57.7 Å². The Morgan fingerprint density at radius 1 is 0.737 bits per heavy atom. The minimum absolute atomic E-state index is 0. The quantitative estimate of drug-likeness (QED) is 0.583. The first-order valence-electron chi connectivity index (χ1n) is 8.12. The summed E-state index contributed by atoms with van der Waals surface area (Å²) in [6, 6.07) is 4.39. The average molecular weight is 287 g/mol. The van der Waals surface area contributed by atoms with Crippen LogP contribution in [0.15, 0.2) is 24.5 Å². The number of hydrogen-bond donors (Lipinski definition) is 0. The van der Waals surface area contributed by atoms with Crippen molar-refractivity contribution in [2.75, 3.05) is 0 Å². The van der Waals surface area contributed by atoms with E-state index in [1.807, 2.05) is 0 Å². The van der Waals surface area contributed by atoms with Gasteiger partial charge in [0, 0.05) is 0 Å². The van der Waals surface area contributed by atoms with Gasteiger partial charge in [0.05, 0.1) is 6.28 Å². The smallest absolute Gasteiger partial charge is 0.530 e. The summed E-state index contributed by atoms with van der Waals surface area (Å²) in [5, 5.41) is 0. The van der Waals surface area contributed by atoms with Crippen molar-refractivity contribution in [1.82, 2.24) is 4.48 Å². The molecule has 0 aliphatic heterocycles. The standard InChI is InChI=1S/C16H31BN.K/c1-4-7-12-17(13-8-5-2,14-9-6-3)18-15-10-11-16-18;/h10-11,15-16H,4-9,12-14H2,1-3H3;/q-1;+1. The summed E-state index contributed by atoms with van der Waals surface area (Å²) in [6.45, 7) is 6.95. The maximum Gasteiger partial charge on any atom is 1.00 e. The van der Waals surface area contributed by atoms with E-state index in [2.05, 4.69) is 49.8 Å². The molecule has 0 unspecified atom stereocenters. The Balaban J connectivity index is 0.00000324. The second-order valence-corrected chi connectivity index (χ2v) is 5.97. The Kier molecular flexibility index (Phi) is 12.2. The molecule has 0 saturated carbocycles. The molecule has 0 radical (unpaired) electrons. The van der Waals surface area contributed by atoms with E-state index in [4.69, 9.17) is 0 Å². The average Bonchev–Trinajstić information content (AvgIpc) is 2.93. The second-order valence-electron chi connectivity index (χ2n) is 5.97. The minimum atomic E-state index is -0.353. The van der Waals surface area contributed by atoms with Gasteiger partial charge in [-0.3, -0.25) is 0 Å². The van der Waals surface area contributed by atoms with E-state index < -0.39 is 0 Å². The topological polar surface area (TPSA) is 4.93 Å². The van der Waals surface area contributed by atoms with Gasteiger partial charge in [-0.1, -0.05) is 59.3 Å². The van der Waals surface area contributed by atoms with E-state index in [0.29, 0.717) is 0 Å². The normalized spacial score (nSPS) is 11.3. The Hall–Kier alpha value is 0.981. The summed E-state index contributed by atoms with van der Waals surface area (Å²) in [5.41, 5.74) is 0. The molecule has 1 aromatic heterocycles.